The zero-order valence-corrected chi connectivity index (χ0v) is 17.2. The van der Waals surface area contributed by atoms with Crippen LogP contribution in [-0.2, 0) is 6.54 Å². The van der Waals surface area contributed by atoms with Crippen LogP contribution < -0.4 is 11.0 Å². The fourth-order valence-corrected chi connectivity index (χ4v) is 4.06. The monoisotopic (exact) mass is 427 g/mol. The Kier molecular flexibility index (Phi) is 5.46. The first kappa shape index (κ1) is 19.4. The van der Waals surface area contributed by atoms with E-state index >= 15 is 0 Å². The predicted molar refractivity (Wildman–Crippen MR) is 114 cm³/mol. The number of aromatic nitrogens is 4. The molecule has 3 heterocycles. The van der Waals surface area contributed by atoms with E-state index in [-0.39, 0.29) is 11.6 Å². The Hall–Kier alpha value is -2.97. The van der Waals surface area contributed by atoms with E-state index in [9.17, 15) is 9.59 Å². The highest BCUT2D eigenvalue weighted by atomic mass is 35.5. The number of nitrogens with one attached hydrogen (secondary N) is 1. The van der Waals surface area contributed by atoms with Crippen molar-refractivity contribution in [2.45, 2.75) is 19.9 Å². The number of nitrogens with zero attached hydrogens (tertiary/aromatic N) is 4. The fourth-order valence-electron chi connectivity index (χ4n) is 2.95. The summed E-state index contributed by atoms with van der Waals surface area (Å²) in [4.78, 5) is 29.9. The number of pyridine rings is 1. The highest BCUT2D eigenvalue weighted by Gasteiger charge is 2.16. The molecule has 0 radical (unpaired) electrons. The Labute approximate surface area is 175 Å². The van der Waals surface area contributed by atoms with E-state index < -0.39 is 0 Å². The molecular formula is C20H18ClN5O2S. The molecule has 0 saturated carbocycles. The summed E-state index contributed by atoms with van der Waals surface area (Å²) in [5.74, 6) is -0.164. The number of thiazole rings is 1. The van der Waals surface area contributed by atoms with Crippen LogP contribution in [0.5, 0.6) is 0 Å². The number of halogens is 1. The molecule has 0 bridgehead atoms. The average Bonchev–Trinajstić information content (AvgIpc) is 3.26. The maximum Gasteiger partial charge on any atom is 0.350 e. The summed E-state index contributed by atoms with van der Waals surface area (Å²) in [6.07, 6.45) is 2.28. The first-order chi connectivity index (χ1) is 14.0. The second-order valence-electron chi connectivity index (χ2n) is 6.48. The van der Waals surface area contributed by atoms with E-state index in [1.807, 2.05) is 25.1 Å². The Morgan fingerprint density at radius 2 is 2.00 bits per heavy atom. The summed E-state index contributed by atoms with van der Waals surface area (Å²) < 4.78 is 2.91. The van der Waals surface area contributed by atoms with Gasteiger partial charge in [-0.05, 0) is 37.6 Å². The summed E-state index contributed by atoms with van der Waals surface area (Å²) in [7, 11) is 0. The Morgan fingerprint density at radius 3 is 2.76 bits per heavy atom. The molecule has 1 N–H and O–H groups in total. The van der Waals surface area contributed by atoms with Crippen LogP contribution >= 0.6 is 22.9 Å². The van der Waals surface area contributed by atoms with Gasteiger partial charge < -0.3 is 5.32 Å². The molecule has 7 nitrogen and oxygen atoms in total. The summed E-state index contributed by atoms with van der Waals surface area (Å²) in [6, 6.07) is 12.8. The maximum absolute atomic E-state index is 12.5. The second kappa shape index (κ2) is 8.18. The van der Waals surface area contributed by atoms with Crippen LogP contribution in [0, 0.1) is 6.92 Å². The van der Waals surface area contributed by atoms with Gasteiger partial charge in [-0.1, -0.05) is 29.8 Å². The zero-order valence-electron chi connectivity index (χ0n) is 15.6. The van der Waals surface area contributed by atoms with Gasteiger partial charge in [-0.3, -0.25) is 9.20 Å². The van der Waals surface area contributed by atoms with Crippen molar-refractivity contribution in [3.8, 4) is 10.6 Å². The normalized spacial score (nSPS) is 11.1. The van der Waals surface area contributed by atoms with Crippen molar-refractivity contribution in [2.75, 3.05) is 6.54 Å². The number of carbonyl (C=O) groups is 1. The third-order valence-corrected chi connectivity index (χ3v) is 5.87. The van der Waals surface area contributed by atoms with Gasteiger partial charge >= 0.3 is 5.69 Å². The third kappa shape index (κ3) is 4.08. The smallest absolute Gasteiger partial charge is 0.350 e. The van der Waals surface area contributed by atoms with Gasteiger partial charge in [0.05, 0.1) is 5.69 Å². The van der Waals surface area contributed by atoms with Crippen molar-refractivity contribution in [1.82, 2.24) is 24.5 Å². The van der Waals surface area contributed by atoms with E-state index in [0.29, 0.717) is 40.8 Å². The van der Waals surface area contributed by atoms with E-state index in [4.69, 9.17) is 11.6 Å². The highest BCUT2D eigenvalue weighted by molar-refractivity contribution is 7.17. The van der Waals surface area contributed by atoms with Crippen LogP contribution in [0.25, 0.3) is 16.2 Å². The molecule has 4 aromatic rings. The van der Waals surface area contributed by atoms with Crippen LogP contribution in [-0.4, -0.2) is 31.6 Å². The number of rotatable bonds is 6. The summed E-state index contributed by atoms with van der Waals surface area (Å²) >= 11 is 7.28. The number of hydrogen-bond acceptors (Lipinski definition) is 5. The average molecular weight is 428 g/mol. The molecule has 148 valence electrons. The molecular weight excluding hydrogens is 410 g/mol. The van der Waals surface area contributed by atoms with Crippen molar-refractivity contribution >= 4 is 34.5 Å². The van der Waals surface area contributed by atoms with Gasteiger partial charge in [0, 0.05) is 29.9 Å². The van der Waals surface area contributed by atoms with E-state index in [1.54, 1.807) is 30.5 Å². The SMILES string of the molecule is Cc1nc(-c2ccc(Cl)cc2)sc1C(=O)NCCCn1nc2ccccn2c1=O. The molecule has 1 amide bonds. The maximum atomic E-state index is 12.5. The first-order valence-electron chi connectivity index (χ1n) is 9.09. The number of benzene rings is 1. The molecule has 0 unspecified atom stereocenters. The largest absolute Gasteiger partial charge is 0.351 e. The third-order valence-electron chi connectivity index (χ3n) is 4.41. The summed E-state index contributed by atoms with van der Waals surface area (Å²) in [5, 5.41) is 8.61. The molecule has 0 aliphatic heterocycles. The van der Waals surface area contributed by atoms with Gasteiger partial charge in [-0.15, -0.1) is 16.4 Å². The lowest BCUT2D eigenvalue weighted by molar-refractivity contribution is 0.0956. The van der Waals surface area contributed by atoms with Gasteiger partial charge in [-0.25, -0.2) is 14.5 Å². The van der Waals surface area contributed by atoms with Crippen LogP contribution in [0.2, 0.25) is 5.02 Å². The van der Waals surface area contributed by atoms with Gasteiger partial charge in [-0.2, -0.15) is 0 Å². The van der Waals surface area contributed by atoms with Crippen LogP contribution in [0.3, 0.4) is 0 Å². The first-order valence-corrected chi connectivity index (χ1v) is 10.3. The van der Waals surface area contributed by atoms with E-state index in [1.165, 1.54) is 20.4 Å². The molecule has 29 heavy (non-hydrogen) atoms. The molecule has 0 saturated heterocycles. The minimum atomic E-state index is -0.183. The minimum Gasteiger partial charge on any atom is -0.351 e. The van der Waals surface area contributed by atoms with Crippen molar-refractivity contribution in [2.24, 2.45) is 0 Å². The molecule has 1 aromatic carbocycles. The van der Waals surface area contributed by atoms with Crippen molar-refractivity contribution in [3.63, 3.8) is 0 Å². The van der Waals surface area contributed by atoms with Crippen molar-refractivity contribution in [3.05, 3.63) is 74.7 Å². The number of fused-ring (bicyclic) bond motifs is 1. The van der Waals surface area contributed by atoms with Gasteiger partial charge in [0.2, 0.25) is 0 Å². The lowest BCUT2D eigenvalue weighted by atomic mass is 10.2. The second-order valence-corrected chi connectivity index (χ2v) is 7.92. The number of amides is 1. The molecule has 4 rings (SSSR count). The zero-order chi connectivity index (χ0) is 20.4. The number of carbonyl (C=O) groups excluding carboxylic acids is 1. The predicted octanol–water partition coefficient (Wildman–Crippen LogP) is 3.40. The fraction of sp³-hybridized carbons (Fsp3) is 0.200. The van der Waals surface area contributed by atoms with Crippen LogP contribution in [0.4, 0.5) is 0 Å². The molecule has 9 heteroatoms. The highest BCUT2D eigenvalue weighted by Crippen LogP contribution is 2.28. The van der Waals surface area contributed by atoms with Gasteiger partial charge in [0.25, 0.3) is 5.91 Å². The topological polar surface area (TPSA) is 81.3 Å². The van der Waals surface area contributed by atoms with E-state index in [2.05, 4.69) is 15.4 Å². The van der Waals surface area contributed by atoms with Crippen molar-refractivity contribution in [1.29, 1.82) is 0 Å². The Morgan fingerprint density at radius 1 is 1.21 bits per heavy atom. The molecule has 0 fully saturated rings. The van der Waals surface area contributed by atoms with Crippen LogP contribution in [0.1, 0.15) is 21.8 Å². The molecule has 0 aliphatic rings. The standard InChI is InChI=1S/C20H18ClN5O2S/c1-13-17(29-19(23-13)14-6-8-15(21)9-7-14)18(27)22-10-4-12-26-20(28)25-11-3-2-5-16(25)24-26/h2-3,5-9,11H,4,10,12H2,1H3,(H,22,27). The Bertz CT molecular complexity index is 1230. The summed E-state index contributed by atoms with van der Waals surface area (Å²) in [6.45, 7) is 2.69. The number of aryl methyl sites for hydroxylation is 2. The van der Waals surface area contributed by atoms with Gasteiger partial charge in [0.1, 0.15) is 9.88 Å². The molecule has 0 atom stereocenters. The minimum absolute atomic E-state index is 0.164. The number of hydrogen-bond donors (Lipinski definition) is 1. The quantitative estimate of drug-likeness (QED) is 0.478. The van der Waals surface area contributed by atoms with Crippen LogP contribution in [0.15, 0.2) is 53.5 Å². The Balaban J connectivity index is 1.37. The molecule has 0 aliphatic carbocycles. The lowest BCUT2D eigenvalue weighted by Gasteiger charge is -2.03. The molecule has 3 aromatic heterocycles. The van der Waals surface area contributed by atoms with E-state index in [0.717, 1.165) is 10.6 Å². The lowest BCUT2D eigenvalue weighted by Crippen LogP contribution is -2.27. The van der Waals surface area contributed by atoms with Crippen molar-refractivity contribution < 1.29 is 4.79 Å². The molecule has 0 spiro atoms. The summed E-state index contributed by atoms with van der Waals surface area (Å²) in [5.41, 5.74) is 2.04. The van der Waals surface area contributed by atoms with Gasteiger partial charge in [0.15, 0.2) is 5.65 Å².